The molecule has 0 aromatic heterocycles. The van der Waals surface area contributed by atoms with Crippen LogP contribution in [0.3, 0.4) is 0 Å². The summed E-state index contributed by atoms with van der Waals surface area (Å²) in [5.41, 5.74) is 5.07. The lowest BCUT2D eigenvalue weighted by atomic mass is 10.1. The van der Waals surface area contributed by atoms with Crippen LogP contribution in [0.15, 0.2) is 0 Å². The highest BCUT2D eigenvalue weighted by Crippen LogP contribution is 2.08. The second kappa shape index (κ2) is 3.96. The first kappa shape index (κ1) is 11.0. The zero-order valence-corrected chi connectivity index (χ0v) is 8.59. The number of amides is 2. The third kappa shape index (κ3) is 2.70. The van der Waals surface area contributed by atoms with Crippen molar-refractivity contribution in [3.05, 3.63) is 0 Å². The molecule has 0 aromatic carbocycles. The van der Waals surface area contributed by atoms with Crippen molar-refractivity contribution in [1.82, 2.24) is 10.6 Å². The van der Waals surface area contributed by atoms with Gasteiger partial charge in [-0.05, 0) is 20.3 Å². The molecule has 1 saturated heterocycles. The predicted octanol–water partition coefficient (Wildman–Crippen LogP) is -0.881. The molecule has 1 heterocycles. The highest BCUT2D eigenvalue weighted by molar-refractivity contribution is 5.91. The SMILES string of the molecule is CC(C)(CN)NC(=O)[C@H]1CCC(=O)N1. The summed E-state index contributed by atoms with van der Waals surface area (Å²) in [5.74, 6) is -0.206. The van der Waals surface area contributed by atoms with Crippen LogP contribution in [-0.4, -0.2) is 29.9 Å². The Balaban J connectivity index is 2.46. The Bertz CT molecular complexity index is 250. The van der Waals surface area contributed by atoms with Crippen LogP contribution in [0.25, 0.3) is 0 Å². The number of nitrogens with one attached hydrogen (secondary N) is 2. The largest absolute Gasteiger partial charge is 0.348 e. The molecule has 1 fully saturated rings. The first-order chi connectivity index (χ1) is 6.44. The summed E-state index contributed by atoms with van der Waals surface area (Å²) in [4.78, 5) is 22.5. The van der Waals surface area contributed by atoms with Gasteiger partial charge in [-0.2, -0.15) is 0 Å². The maximum atomic E-state index is 11.6. The summed E-state index contributed by atoms with van der Waals surface area (Å²) in [5, 5.41) is 5.40. The molecular formula is C9H17N3O2. The van der Waals surface area contributed by atoms with Gasteiger partial charge in [0.05, 0.1) is 0 Å². The smallest absolute Gasteiger partial charge is 0.243 e. The zero-order valence-electron chi connectivity index (χ0n) is 8.59. The number of rotatable bonds is 3. The fraction of sp³-hybridized carbons (Fsp3) is 0.778. The second-order valence-electron chi connectivity index (χ2n) is 4.24. The van der Waals surface area contributed by atoms with Crippen LogP contribution in [0.4, 0.5) is 0 Å². The molecule has 4 N–H and O–H groups in total. The normalized spacial score (nSPS) is 21.9. The van der Waals surface area contributed by atoms with Crippen LogP contribution in [0.1, 0.15) is 26.7 Å². The number of carbonyl (C=O) groups is 2. The van der Waals surface area contributed by atoms with Crippen molar-refractivity contribution < 1.29 is 9.59 Å². The van der Waals surface area contributed by atoms with Gasteiger partial charge in [0.25, 0.3) is 0 Å². The van der Waals surface area contributed by atoms with E-state index in [0.29, 0.717) is 19.4 Å². The highest BCUT2D eigenvalue weighted by atomic mass is 16.2. The molecule has 1 aliphatic rings. The molecule has 0 unspecified atom stereocenters. The molecule has 1 atom stereocenters. The Hall–Kier alpha value is -1.10. The van der Waals surface area contributed by atoms with Gasteiger partial charge in [0.1, 0.15) is 6.04 Å². The van der Waals surface area contributed by atoms with Gasteiger partial charge in [0.2, 0.25) is 11.8 Å². The number of nitrogens with two attached hydrogens (primary N) is 1. The van der Waals surface area contributed by atoms with E-state index in [-0.39, 0.29) is 17.9 Å². The van der Waals surface area contributed by atoms with E-state index in [0.717, 1.165) is 0 Å². The molecule has 2 amide bonds. The van der Waals surface area contributed by atoms with Crippen LogP contribution in [-0.2, 0) is 9.59 Å². The van der Waals surface area contributed by atoms with Crippen molar-refractivity contribution in [1.29, 1.82) is 0 Å². The molecule has 1 aliphatic heterocycles. The first-order valence-electron chi connectivity index (χ1n) is 4.76. The molecule has 0 spiro atoms. The third-order valence-corrected chi connectivity index (χ3v) is 2.28. The van der Waals surface area contributed by atoms with Crippen LogP contribution in [0.2, 0.25) is 0 Å². The standard InChI is InChI=1S/C9H17N3O2/c1-9(2,5-10)12-8(14)6-3-4-7(13)11-6/h6H,3-5,10H2,1-2H3,(H,11,13)(H,12,14)/t6-/m1/s1. The van der Waals surface area contributed by atoms with Gasteiger partial charge < -0.3 is 16.4 Å². The number of hydrogen-bond acceptors (Lipinski definition) is 3. The van der Waals surface area contributed by atoms with E-state index in [9.17, 15) is 9.59 Å². The number of hydrogen-bond donors (Lipinski definition) is 3. The van der Waals surface area contributed by atoms with E-state index < -0.39 is 5.54 Å². The lowest BCUT2D eigenvalue weighted by Crippen LogP contribution is -2.54. The molecule has 0 aliphatic carbocycles. The molecule has 0 aromatic rings. The monoisotopic (exact) mass is 199 g/mol. The Morgan fingerprint density at radius 3 is 2.79 bits per heavy atom. The zero-order chi connectivity index (χ0) is 10.8. The van der Waals surface area contributed by atoms with Gasteiger partial charge in [-0.25, -0.2) is 0 Å². The topological polar surface area (TPSA) is 84.2 Å². The Kier molecular flexibility index (Phi) is 3.10. The quantitative estimate of drug-likeness (QED) is 0.552. The molecule has 0 saturated carbocycles. The van der Waals surface area contributed by atoms with Gasteiger partial charge in [0.15, 0.2) is 0 Å². The second-order valence-corrected chi connectivity index (χ2v) is 4.24. The Morgan fingerprint density at radius 2 is 2.36 bits per heavy atom. The van der Waals surface area contributed by atoms with Gasteiger partial charge in [-0.1, -0.05) is 0 Å². The molecular weight excluding hydrogens is 182 g/mol. The van der Waals surface area contributed by atoms with Crippen molar-refractivity contribution in [3.8, 4) is 0 Å². The summed E-state index contributed by atoms with van der Waals surface area (Å²) in [7, 11) is 0. The van der Waals surface area contributed by atoms with Crippen LogP contribution >= 0.6 is 0 Å². The summed E-state index contributed by atoms with van der Waals surface area (Å²) < 4.78 is 0. The van der Waals surface area contributed by atoms with Crippen molar-refractivity contribution >= 4 is 11.8 Å². The average Bonchev–Trinajstić information content (AvgIpc) is 2.51. The molecule has 1 rings (SSSR count). The van der Waals surface area contributed by atoms with E-state index in [1.54, 1.807) is 0 Å². The summed E-state index contributed by atoms with van der Waals surface area (Å²) in [6, 6.07) is -0.381. The average molecular weight is 199 g/mol. The van der Waals surface area contributed by atoms with Crippen molar-refractivity contribution in [3.63, 3.8) is 0 Å². The van der Waals surface area contributed by atoms with Crippen molar-refractivity contribution in [2.24, 2.45) is 5.73 Å². The highest BCUT2D eigenvalue weighted by Gasteiger charge is 2.30. The maximum Gasteiger partial charge on any atom is 0.243 e. The first-order valence-corrected chi connectivity index (χ1v) is 4.76. The van der Waals surface area contributed by atoms with Crippen LogP contribution < -0.4 is 16.4 Å². The van der Waals surface area contributed by atoms with E-state index in [1.165, 1.54) is 0 Å². The van der Waals surface area contributed by atoms with E-state index in [4.69, 9.17) is 5.73 Å². The molecule has 0 bridgehead atoms. The third-order valence-electron chi connectivity index (χ3n) is 2.28. The molecule has 14 heavy (non-hydrogen) atoms. The van der Waals surface area contributed by atoms with Gasteiger partial charge in [0, 0.05) is 18.5 Å². The number of carbonyl (C=O) groups excluding carboxylic acids is 2. The summed E-state index contributed by atoms with van der Waals surface area (Å²) in [6.07, 6.45) is 1.01. The fourth-order valence-electron chi connectivity index (χ4n) is 1.28. The summed E-state index contributed by atoms with van der Waals surface area (Å²) in [6.45, 7) is 4.07. The van der Waals surface area contributed by atoms with Crippen LogP contribution in [0.5, 0.6) is 0 Å². The predicted molar refractivity (Wildman–Crippen MR) is 52.4 cm³/mol. The Labute approximate surface area is 83.4 Å². The maximum absolute atomic E-state index is 11.6. The minimum absolute atomic E-state index is 0.0595. The van der Waals surface area contributed by atoms with E-state index in [2.05, 4.69) is 10.6 Å². The lowest BCUT2D eigenvalue weighted by molar-refractivity contribution is -0.126. The molecule has 0 radical (unpaired) electrons. The van der Waals surface area contributed by atoms with Crippen molar-refractivity contribution in [2.75, 3.05) is 6.54 Å². The Morgan fingerprint density at radius 1 is 1.71 bits per heavy atom. The molecule has 5 heteroatoms. The van der Waals surface area contributed by atoms with E-state index >= 15 is 0 Å². The van der Waals surface area contributed by atoms with Crippen LogP contribution in [0, 0.1) is 0 Å². The fourth-order valence-corrected chi connectivity index (χ4v) is 1.28. The minimum atomic E-state index is -0.412. The van der Waals surface area contributed by atoms with Crippen molar-refractivity contribution in [2.45, 2.75) is 38.3 Å². The lowest BCUT2D eigenvalue weighted by Gasteiger charge is -2.25. The molecule has 80 valence electrons. The van der Waals surface area contributed by atoms with E-state index in [1.807, 2.05) is 13.8 Å². The van der Waals surface area contributed by atoms with Gasteiger partial charge >= 0.3 is 0 Å². The summed E-state index contributed by atoms with van der Waals surface area (Å²) >= 11 is 0. The van der Waals surface area contributed by atoms with Gasteiger partial charge in [-0.15, -0.1) is 0 Å². The molecule has 5 nitrogen and oxygen atoms in total. The van der Waals surface area contributed by atoms with Gasteiger partial charge in [-0.3, -0.25) is 9.59 Å². The minimum Gasteiger partial charge on any atom is -0.348 e.